The second kappa shape index (κ2) is 8.74. The van der Waals surface area contributed by atoms with Crippen molar-refractivity contribution in [2.24, 2.45) is 23.7 Å². The second-order valence-electron chi connectivity index (χ2n) is 10.6. The largest absolute Gasteiger partial charge is 0.494 e. The van der Waals surface area contributed by atoms with Crippen LogP contribution in [0.2, 0.25) is 0 Å². The van der Waals surface area contributed by atoms with Crippen LogP contribution in [0.15, 0.2) is 24.3 Å². The van der Waals surface area contributed by atoms with Gasteiger partial charge >= 0.3 is 0 Å². The Morgan fingerprint density at radius 3 is 2.68 bits per heavy atom. The number of amides is 1. The molecule has 5 unspecified atom stereocenters. The summed E-state index contributed by atoms with van der Waals surface area (Å²) in [6, 6.07) is 7.89. The van der Waals surface area contributed by atoms with Gasteiger partial charge in [0.05, 0.1) is 12.2 Å². The van der Waals surface area contributed by atoms with Crippen LogP contribution in [0.25, 0.3) is 0 Å². The number of carbonyl (C=O) groups excluding carboxylic acids is 1. The number of nitrogens with zero attached hydrogens (tertiary/aromatic N) is 1. The average molecular weight is 428 g/mol. The highest BCUT2D eigenvalue weighted by molar-refractivity contribution is 5.94. The maximum Gasteiger partial charge on any atom is 0.253 e. The van der Waals surface area contributed by atoms with E-state index in [2.05, 4.69) is 0 Å². The van der Waals surface area contributed by atoms with E-state index < -0.39 is 5.60 Å². The Hall–Kier alpha value is -1.59. The van der Waals surface area contributed by atoms with Crippen molar-refractivity contribution < 1.29 is 19.4 Å². The molecule has 4 aliphatic rings. The lowest BCUT2D eigenvalue weighted by Gasteiger charge is -2.36. The summed E-state index contributed by atoms with van der Waals surface area (Å²) in [5.74, 6) is 3.29. The Kier molecular flexibility index (Phi) is 6.00. The van der Waals surface area contributed by atoms with Gasteiger partial charge in [-0.3, -0.25) is 4.79 Å². The van der Waals surface area contributed by atoms with Gasteiger partial charge in [0.15, 0.2) is 0 Å². The van der Waals surface area contributed by atoms with E-state index in [4.69, 9.17) is 9.47 Å². The summed E-state index contributed by atoms with van der Waals surface area (Å²) in [5, 5.41) is 10.9. The number of benzene rings is 1. The van der Waals surface area contributed by atoms with E-state index >= 15 is 0 Å². The maximum atomic E-state index is 13.3. The summed E-state index contributed by atoms with van der Waals surface area (Å²) in [7, 11) is 1.96. The minimum atomic E-state index is -0.468. The fourth-order valence-electron chi connectivity index (χ4n) is 7.00. The van der Waals surface area contributed by atoms with Gasteiger partial charge in [-0.2, -0.15) is 0 Å². The molecule has 31 heavy (non-hydrogen) atoms. The van der Waals surface area contributed by atoms with Crippen molar-refractivity contribution in [1.29, 1.82) is 0 Å². The predicted octanol–water partition coefficient (Wildman–Crippen LogP) is 4.28. The summed E-state index contributed by atoms with van der Waals surface area (Å²) in [5.41, 5.74) is 0.256. The van der Waals surface area contributed by atoms with Gasteiger partial charge in [-0.1, -0.05) is 0 Å². The first-order chi connectivity index (χ1) is 15.0. The first-order valence-electron chi connectivity index (χ1n) is 12.3. The number of rotatable bonds is 6. The normalized spacial score (nSPS) is 35.0. The Labute approximate surface area is 186 Å². The molecule has 1 aromatic rings. The molecule has 1 amide bonds. The monoisotopic (exact) mass is 427 g/mol. The summed E-state index contributed by atoms with van der Waals surface area (Å²) in [4.78, 5) is 15.2. The first kappa shape index (κ1) is 21.3. The molecule has 5 atom stereocenters. The molecule has 1 saturated heterocycles. The molecule has 0 spiro atoms. The summed E-state index contributed by atoms with van der Waals surface area (Å²) < 4.78 is 11.3. The lowest BCUT2D eigenvalue weighted by atomic mass is 9.77. The molecule has 5 heteroatoms. The minimum Gasteiger partial charge on any atom is -0.494 e. The van der Waals surface area contributed by atoms with Gasteiger partial charge in [-0.15, -0.1) is 0 Å². The molecule has 1 aromatic carbocycles. The predicted molar refractivity (Wildman–Crippen MR) is 119 cm³/mol. The van der Waals surface area contributed by atoms with Crippen LogP contribution in [0.5, 0.6) is 5.75 Å². The summed E-state index contributed by atoms with van der Waals surface area (Å²) in [6.45, 7) is 2.46. The van der Waals surface area contributed by atoms with Crippen molar-refractivity contribution in [3.05, 3.63) is 29.8 Å². The van der Waals surface area contributed by atoms with Gasteiger partial charge < -0.3 is 19.5 Å². The Morgan fingerprint density at radius 2 is 1.90 bits per heavy atom. The molecular formula is C26H37NO4. The number of hydrogen-bond acceptors (Lipinski definition) is 4. The minimum absolute atomic E-state index is 0.0898. The van der Waals surface area contributed by atoms with E-state index in [1.807, 2.05) is 36.2 Å². The summed E-state index contributed by atoms with van der Waals surface area (Å²) >= 11 is 0. The van der Waals surface area contributed by atoms with Crippen molar-refractivity contribution in [3.8, 4) is 5.75 Å². The number of aliphatic hydroxyl groups is 1. The van der Waals surface area contributed by atoms with Crippen molar-refractivity contribution in [2.45, 2.75) is 69.4 Å². The van der Waals surface area contributed by atoms with Crippen LogP contribution >= 0.6 is 0 Å². The molecule has 5 nitrogen and oxygen atoms in total. The molecule has 5 rings (SSSR count). The number of ether oxygens (including phenoxy) is 2. The van der Waals surface area contributed by atoms with Gasteiger partial charge in [0, 0.05) is 31.9 Å². The van der Waals surface area contributed by atoms with Crippen LogP contribution in [0, 0.1) is 23.7 Å². The molecule has 1 N–H and O–H groups in total. The topological polar surface area (TPSA) is 59.0 Å². The molecule has 1 heterocycles. The Balaban J connectivity index is 1.18. The first-order valence-corrected chi connectivity index (χ1v) is 12.3. The van der Waals surface area contributed by atoms with Gasteiger partial charge in [0.2, 0.25) is 0 Å². The van der Waals surface area contributed by atoms with Crippen molar-refractivity contribution >= 4 is 5.91 Å². The third kappa shape index (κ3) is 4.49. The maximum absolute atomic E-state index is 13.3. The number of fused-ring (bicyclic) bond motifs is 2. The molecule has 0 aromatic heterocycles. The SMILES string of the molecule is CN(C(=O)c1ccc(OCCC2CCOCC2)cc1)C1CCC2CC3CC(O)(C2)CC31. The van der Waals surface area contributed by atoms with Crippen molar-refractivity contribution in [1.82, 2.24) is 4.90 Å². The van der Waals surface area contributed by atoms with Crippen molar-refractivity contribution in [2.75, 3.05) is 26.9 Å². The smallest absolute Gasteiger partial charge is 0.253 e. The van der Waals surface area contributed by atoms with Gasteiger partial charge in [-0.05, 0) is 106 Å². The fraction of sp³-hybridized carbons (Fsp3) is 0.731. The molecule has 4 fully saturated rings. The zero-order valence-electron chi connectivity index (χ0n) is 18.8. The highest BCUT2D eigenvalue weighted by Gasteiger charge is 2.54. The summed E-state index contributed by atoms with van der Waals surface area (Å²) in [6.07, 6.45) is 9.54. The van der Waals surface area contributed by atoms with Crippen LogP contribution in [-0.2, 0) is 4.74 Å². The zero-order chi connectivity index (χ0) is 21.4. The molecule has 0 radical (unpaired) electrons. The fourth-order valence-corrected chi connectivity index (χ4v) is 7.00. The van der Waals surface area contributed by atoms with Crippen LogP contribution in [0.3, 0.4) is 0 Å². The van der Waals surface area contributed by atoms with Crippen LogP contribution in [0.4, 0.5) is 0 Å². The van der Waals surface area contributed by atoms with E-state index in [1.165, 1.54) is 6.42 Å². The molecule has 1 aliphatic heterocycles. The standard InChI is InChI=1S/C26H37NO4/c1-27(24-7-2-19-14-21-16-26(29,15-19)17-23(21)24)25(28)20-3-5-22(6-4-20)31-13-10-18-8-11-30-12-9-18/h3-6,18-19,21,23-24,29H,2,7-17H2,1H3. The van der Waals surface area contributed by atoms with Gasteiger partial charge in [0.1, 0.15) is 5.75 Å². The van der Waals surface area contributed by atoms with Gasteiger partial charge in [0.25, 0.3) is 5.91 Å². The number of carbonyl (C=O) groups is 1. The average Bonchev–Trinajstić information content (AvgIpc) is 2.94. The van der Waals surface area contributed by atoms with Crippen molar-refractivity contribution in [3.63, 3.8) is 0 Å². The lowest BCUT2D eigenvalue weighted by molar-refractivity contribution is -0.00803. The van der Waals surface area contributed by atoms with E-state index in [0.717, 1.165) is 75.9 Å². The highest BCUT2D eigenvalue weighted by atomic mass is 16.5. The molecule has 3 saturated carbocycles. The van der Waals surface area contributed by atoms with E-state index in [1.54, 1.807) is 0 Å². The molecule has 170 valence electrons. The van der Waals surface area contributed by atoms with E-state index in [0.29, 0.717) is 30.3 Å². The Morgan fingerprint density at radius 1 is 1.13 bits per heavy atom. The third-order valence-corrected chi connectivity index (χ3v) is 8.59. The Bertz CT molecular complexity index is 774. The molecule has 3 aliphatic carbocycles. The highest BCUT2D eigenvalue weighted by Crippen LogP contribution is 2.56. The number of hydrogen-bond donors (Lipinski definition) is 1. The quantitative estimate of drug-likeness (QED) is 0.736. The van der Waals surface area contributed by atoms with Gasteiger partial charge in [-0.25, -0.2) is 0 Å². The van der Waals surface area contributed by atoms with Crippen LogP contribution < -0.4 is 4.74 Å². The van der Waals surface area contributed by atoms with Crippen LogP contribution in [0.1, 0.15) is 68.1 Å². The van der Waals surface area contributed by atoms with E-state index in [-0.39, 0.29) is 11.9 Å². The molecular weight excluding hydrogens is 390 g/mol. The third-order valence-electron chi connectivity index (χ3n) is 8.59. The van der Waals surface area contributed by atoms with E-state index in [9.17, 15) is 9.90 Å². The zero-order valence-corrected chi connectivity index (χ0v) is 18.8. The second-order valence-corrected chi connectivity index (χ2v) is 10.6. The lowest BCUT2D eigenvalue weighted by Crippen LogP contribution is -2.43. The van der Waals surface area contributed by atoms with Crippen LogP contribution in [-0.4, -0.2) is 54.4 Å². The molecule has 3 bridgehead atoms.